The highest BCUT2D eigenvalue weighted by Crippen LogP contribution is 2.16. The van der Waals surface area contributed by atoms with Crippen LogP contribution in [0.15, 0.2) is 60.8 Å². The Morgan fingerprint density at radius 2 is 0.656 bits per heavy atom. The minimum atomic E-state index is -0.874. The summed E-state index contributed by atoms with van der Waals surface area (Å²) >= 11 is 0. The lowest BCUT2D eigenvalue weighted by Crippen LogP contribution is -2.45. The van der Waals surface area contributed by atoms with Crippen LogP contribution >= 0.6 is 0 Å². The normalized spacial score (nSPS) is 13.2. The maximum Gasteiger partial charge on any atom is 0.220 e. The van der Waals surface area contributed by atoms with Gasteiger partial charge in [-0.3, -0.25) is 4.79 Å². The number of aliphatic hydroxyl groups is 2. The molecular weight excluding hydrogens is 783 g/mol. The molecule has 0 aromatic rings. The van der Waals surface area contributed by atoms with Crippen molar-refractivity contribution in [3.63, 3.8) is 0 Å². The summed E-state index contributed by atoms with van der Waals surface area (Å²) in [7, 11) is 0. The van der Waals surface area contributed by atoms with Gasteiger partial charge in [-0.15, -0.1) is 0 Å². The van der Waals surface area contributed by atoms with Gasteiger partial charge < -0.3 is 15.5 Å². The third-order valence-electron chi connectivity index (χ3n) is 13.0. The van der Waals surface area contributed by atoms with Gasteiger partial charge in [-0.2, -0.15) is 0 Å². The van der Waals surface area contributed by atoms with Gasteiger partial charge in [-0.25, -0.2) is 0 Å². The van der Waals surface area contributed by atoms with Crippen LogP contribution in [0.5, 0.6) is 0 Å². The van der Waals surface area contributed by atoms with E-state index in [4.69, 9.17) is 0 Å². The lowest BCUT2D eigenvalue weighted by Gasteiger charge is -2.19. The van der Waals surface area contributed by atoms with Crippen LogP contribution in [0.3, 0.4) is 0 Å². The van der Waals surface area contributed by atoms with Gasteiger partial charge in [0.15, 0.2) is 0 Å². The molecule has 0 saturated heterocycles. The molecule has 374 valence electrons. The van der Waals surface area contributed by atoms with Crippen LogP contribution in [0.4, 0.5) is 0 Å². The average molecular weight is 895 g/mol. The molecule has 4 nitrogen and oxygen atoms in total. The number of rotatable bonds is 52. The van der Waals surface area contributed by atoms with Crippen molar-refractivity contribution in [2.45, 2.75) is 309 Å². The van der Waals surface area contributed by atoms with Crippen molar-refractivity contribution in [2.24, 2.45) is 0 Å². The van der Waals surface area contributed by atoms with E-state index >= 15 is 0 Å². The Labute approximate surface area is 400 Å². The van der Waals surface area contributed by atoms with Gasteiger partial charge in [0.2, 0.25) is 5.91 Å². The van der Waals surface area contributed by atoms with Gasteiger partial charge in [0, 0.05) is 6.42 Å². The van der Waals surface area contributed by atoms with Crippen molar-refractivity contribution in [3.8, 4) is 0 Å². The van der Waals surface area contributed by atoms with Crippen molar-refractivity contribution in [3.05, 3.63) is 60.8 Å². The second kappa shape index (κ2) is 55.4. The van der Waals surface area contributed by atoms with Gasteiger partial charge in [0.1, 0.15) is 0 Å². The Hall–Kier alpha value is -1.91. The molecule has 64 heavy (non-hydrogen) atoms. The van der Waals surface area contributed by atoms with Crippen LogP contribution in [0, 0.1) is 0 Å². The first-order chi connectivity index (χ1) is 31.7. The molecule has 2 atom stereocenters. The summed E-state index contributed by atoms with van der Waals surface area (Å²) in [6, 6.07) is -0.650. The van der Waals surface area contributed by atoms with Crippen LogP contribution in [0.25, 0.3) is 0 Å². The maximum atomic E-state index is 12.5. The Morgan fingerprint density at radius 1 is 0.375 bits per heavy atom. The molecule has 1 amide bonds. The van der Waals surface area contributed by atoms with E-state index in [1.54, 1.807) is 6.08 Å². The van der Waals surface area contributed by atoms with Crippen LogP contribution in [0.2, 0.25) is 0 Å². The number of allylic oxidation sites excluding steroid dienone is 9. The first kappa shape index (κ1) is 62.1. The van der Waals surface area contributed by atoms with Gasteiger partial charge in [-0.1, -0.05) is 274 Å². The Bertz CT molecular complexity index is 1060. The molecule has 3 N–H and O–H groups in total. The number of amides is 1. The summed E-state index contributed by atoms with van der Waals surface area (Å²) in [4.78, 5) is 12.5. The summed E-state index contributed by atoms with van der Waals surface area (Å²) in [6.07, 6.45) is 78.2. The largest absolute Gasteiger partial charge is 0.394 e. The summed E-state index contributed by atoms with van der Waals surface area (Å²) in [6.45, 7) is 4.31. The van der Waals surface area contributed by atoms with Gasteiger partial charge in [-0.05, 0) is 77.0 Å². The summed E-state index contributed by atoms with van der Waals surface area (Å²) in [5.74, 6) is -0.0788. The Balaban J connectivity index is 3.56. The first-order valence-electron chi connectivity index (χ1n) is 28.5. The van der Waals surface area contributed by atoms with E-state index < -0.39 is 12.1 Å². The zero-order valence-corrected chi connectivity index (χ0v) is 43.1. The second-order valence-electron chi connectivity index (χ2n) is 19.3. The van der Waals surface area contributed by atoms with Crippen molar-refractivity contribution < 1.29 is 15.0 Å². The minimum absolute atomic E-state index is 0.0788. The van der Waals surface area contributed by atoms with Gasteiger partial charge >= 0.3 is 0 Å². The van der Waals surface area contributed by atoms with E-state index in [1.165, 1.54) is 231 Å². The molecule has 0 spiro atoms. The van der Waals surface area contributed by atoms with E-state index in [0.717, 1.165) is 44.9 Å². The van der Waals surface area contributed by atoms with Crippen molar-refractivity contribution >= 4 is 5.91 Å². The predicted octanol–water partition coefficient (Wildman–Crippen LogP) is 18.8. The van der Waals surface area contributed by atoms with E-state index in [9.17, 15) is 15.0 Å². The summed E-state index contributed by atoms with van der Waals surface area (Å²) in [5.41, 5.74) is 0. The molecule has 0 heterocycles. The minimum Gasteiger partial charge on any atom is -0.394 e. The molecule has 0 aromatic heterocycles. The van der Waals surface area contributed by atoms with Crippen molar-refractivity contribution in [1.29, 1.82) is 0 Å². The molecule has 0 aromatic carbocycles. The number of carbonyl (C=O) groups is 1. The molecule has 0 aliphatic carbocycles. The highest BCUT2D eigenvalue weighted by atomic mass is 16.3. The van der Waals surface area contributed by atoms with Gasteiger partial charge in [0.25, 0.3) is 0 Å². The van der Waals surface area contributed by atoms with Crippen molar-refractivity contribution in [1.82, 2.24) is 5.32 Å². The second-order valence-corrected chi connectivity index (χ2v) is 19.3. The molecule has 4 heteroatoms. The summed E-state index contributed by atoms with van der Waals surface area (Å²) < 4.78 is 0. The first-order valence-corrected chi connectivity index (χ1v) is 28.5. The average Bonchev–Trinajstić information content (AvgIpc) is 3.30. The van der Waals surface area contributed by atoms with E-state index in [0.29, 0.717) is 6.42 Å². The van der Waals surface area contributed by atoms with Gasteiger partial charge in [0.05, 0.1) is 18.8 Å². The molecular formula is C60H111NO3. The number of unbranched alkanes of at least 4 members (excludes halogenated alkanes) is 37. The zero-order valence-electron chi connectivity index (χ0n) is 43.1. The maximum absolute atomic E-state index is 12.5. The highest BCUT2D eigenvalue weighted by molar-refractivity contribution is 5.76. The molecule has 0 fully saturated rings. The predicted molar refractivity (Wildman–Crippen MR) is 285 cm³/mol. The fraction of sp³-hybridized carbons (Fsp3) is 0.817. The number of aliphatic hydroxyl groups excluding tert-OH is 2. The zero-order chi connectivity index (χ0) is 46.3. The highest BCUT2D eigenvalue weighted by Gasteiger charge is 2.18. The van der Waals surface area contributed by atoms with E-state index in [1.807, 2.05) is 6.08 Å². The lowest BCUT2D eigenvalue weighted by molar-refractivity contribution is -0.123. The summed E-state index contributed by atoms with van der Waals surface area (Å²) in [5, 5.41) is 23.1. The topological polar surface area (TPSA) is 69.6 Å². The lowest BCUT2D eigenvalue weighted by atomic mass is 10.0. The van der Waals surface area contributed by atoms with Crippen molar-refractivity contribution in [2.75, 3.05) is 6.61 Å². The molecule has 0 saturated carbocycles. The number of nitrogens with one attached hydrogen (secondary N) is 1. The Kier molecular flexibility index (Phi) is 53.8. The van der Waals surface area contributed by atoms with E-state index in [2.05, 4.69) is 67.8 Å². The molecule has 2 unspecified atom stereocenters. The molecule has 0 aliphatic heterocycles. The van der Waals surface area contributed by atoms with Crippen LogP contribution in [0.1, 0.15) is 296 Å². The third-order valence-corrected chi connectivity index (χ3v) is 13.0. The third kappa shape index (κ3) is 51.1. The SMILES string of the molecule is CCCCCCC/C=C\C/C=C\CCCCCCCCCCCCCC(=O)NC(CO)C(O)/C=C/CC/C=C/CC/C=C/CCCCCCCCCCCCCCCCCCCCC. The quantitative estimate of drug-likeness (QED) is 0.0421. The molecule has 0 rings (SSSR count). The van der Waals surface area contributed by atoms with E-state index in [-0.39, 0.29) is 12.5 Å². The fourth-order valence-electron chi connectivity index (χ4n) is 8.60. The monoisotopic (exact) mass is 894 g/mol. The standard InChI is InChI=1S/C60H111NO3/c1-3-5-7-9-11-13-15-17-19-21-23-25-27-28-29-30-31-32-34-35-37-39-41-43-45-47-49-51-53-55-59(63)58(57-62)61-60(64)56-54-52-50-48-46-44-42-40-38-36-33-26-24-22-20-18-16-14-12-10-8-6-4-2/h16,18,22,24,37,39,45,47,53,55,58-59,62-63H,3-15,17,19-21,23,25-36,38,40-44,46,48-52,54,56-57H2,1-2H3,(H,61,64)/b18-16-,24-22-,39-37+,47-45+,55-53+. The van der Waals surface area contributed by atoms with Crippen LogP contribution in [-0.4, -0.2) is 34.9 Å². The number of hydrogen-bond acceptors (Lipinski definition) is 3. The van der Waals surface area contributed by atoms with Crippen LogP contribution < -0.4 is 5.32 Å². The number of carbonyl (C=O) groups excluding carboxylic acids is 1. The fourth-order valence-corrected chi connectivity index (χ4v) is 8.60. The number of hydrogen-bond donors (Lipinski definition) is 3. The smallest absolute Gasteiger partial charge is 0.220 e. The Morgan fingerprint density at radius 3 is 1.00 bits per heavy atom. The van der Waals surface area contributed by atoms with Crippen LogP contribution in [-0.2, 0) is 4.79 Å². The molecule has 0 bridgehead atoms. The molecule has 0 radical (unpaired) electrons. The molecule has 0 aliphatic rings.